The summed E-state index contributed by atoms with van der Waals surface area (Å²) in [5, 5.41) is 0.476. The number of benzene rings is 1. The normalized spacial score (nSPS) is 10.8. The molecule has 3 aromatic heterocycles. The number of aromatic nitrogens is 3. The van der Waals surface area contributed by atoms with Gasteiger partial charge >= 0.3 is 6.01 Å². The number of hydrogen-bond acceptors (Lipinski definition) is 6. The summed E-state index contributed by atoms with van der Waals surface area (Å²) in [6, 6.07) is 13.3. The Morgan fingerprint density at radius 3 is 2.62 bits per heavy atom. The van der Waals surface area contributed by atoms with Crippen LogP contribution in [0.25, 0.3) is 11.0 Å². The molecular weight excluding hydrogens is 328 g/mol. The predicted molar refractivity (Wildman–Crippen MR) is 99.3 cm³/mol. The molecule has 6 heteroatoms. The Hall–Kier alpha value is -3.54. The lowest BCUT2D eigenvalue weighted by molar-refractivity contribution is 0.565. The molecule has 0 radical (unpaired) electrons. The average Bonchev–Trinajstić information content (AvgIpc) is 2.68. The smallest absolute Gasteiger partial charge is 0.306 e. The first-order valence-corrected chi connectivity index (χ1v) is 8.19. The van der Waals surface area contributed by atoms with Crippen molar-refractivity contribution in [3.05, 3.63) is 88.7 Å². The van der Waals surface area contributed by atoms with Crippen molar-refractivity contribution < 1.29 is 4.42 Å². The molecule has 0 atom stereocenters. The van der Waals surface area contributed by atoms with Crippen molar-refractivity contribution in [2.75, 3.05) is 4.90 Å². The van der Waals surface area contributed by atoms with E-state index in [1.807, 2.05) is 48.2 Å². The number of fused-ring (bicyclic) bond motifs is 1. The number of aryl methyl sites for hydroxylation is 1. The van der Waals surface area contributed by atoms with Gasteiger partial charge in [0, 0.05) is 18.6 Å². The highest BCUT2D eigenvalue weighted by Crippen LogP contribution is 2.27. The van der Waals surface area contributed by atoms with E-state index < -0.39 is 0 Å². The molecule has 3 heterocycles. The Kier molecular flexibility index (Phi) is 4.15. The first kappa shape index (κ1) is 16.0. The molecule has 0 aliphatic heterocycles. The third-order valence-electron chi connectivity index (χ3n) is 4.11. The highest BCUT2D eigenvalue weighted by atomic mass is 16.4. The fourth-order valence-electron chi connectivity index (χ4n) is 2.79. The maximum Gasteiger partial charge on any atom is 0.306 e. The second-order valence-electron chi connectivity index (χ2n) is 5.91. The fraction of sp³-hybridized carbons (Fsp3) is 0.100. The lowest BCUT2D eigenvalue weighted by Crippen LogP contribution is -2.21. The zero-order valence-corrected chi connectivity index (χ0v) is 14.2. The van der Waals surface area contributed by atoms with Crippen LogP contribution in [0.5, 0.6) is 0 Å². The van der Waals surface area contributed by atoms with E-state index in [1.54, 1.807) is 30.9 Å². The molecule has 128 valence electrons. The molecule has 0 unspecified atom stereocenters. The largest absolute Gasteiger partial charge is 0.424 e. The van der Waals surface area contributed by atoms with Gasteiger partial charge < -0.3 is 4.42 Å². The minimum absolute atomic E-state index is 0.238. The summed E-state index contributed by atoms with van der Waals surface area (Å²) in [4.78, 5) is 26.7. The Morgan fingerprint density at radius 1 is 1.00 bits per heavy atom. The fourth-order valence-corrected chi connectivity index (χ4v) is 2.79. The zero-order chi connectivity index (χ0) is 17.9. The van der Waals surface area contributed by atoms with E-state index in [0.717, 1.165) is 16.8 Å². The molecule has 0 aliphatic rings. The summed E-state index contributed by atoms with van der Waals surface area (Å²) >= 11 is 0. The molecule has 0 N–H and O–H groups in total. The highest BCUT2D eigenvalue weighted by Gasteiger charge is 2.17. The molecule has 4 aromatic rings. The third kappa shape index (κ3) is 3.04. The second kappa shape index (κ2) is 6.76. The Labute approximate surface area is 149 Å². The zero-order valence-electron chi connectivity index (χ0n) is 14.2. The Morgan fingerprint density at radius 2 is 1.85 bits per heavy atom. The quantitative estimate of drug-likeness (QED) is 0.563. The lowest BCUT2D eigenvalue weighted by Gasteiger charge is -2.22. The van der Waals surface area contributed by atoms with Crippen molar-refractivity contribution in [2.45, 2.75) is 13.5 Å². The molecule has 0 spiro atoms. The molecule has 0 aliphatic carbocycles. The van der Waals surface area contributed by atoms with Crippen molar-refractivity contribution in [1.29, 1.82) is 0 Å². The average molecular weight is 344 g/mol. The monoisotopic (exact) mass is 344 g/mol. The van der Waals surface area contributed by atoms with E-state index in [9.17, 15) is 4.79 Å². The van der Waals surface area contributed by atoms with Crippen LogP contribution in [0.1, 0.15) is 11.1 Å². The topological polar surface area (TPSA) is 72.1 Å². The molecule has 4 rings (SSSR count). The third-order valence-corrected chi connectivity index (χ3v) is 4.11. The van der Waals surface area contributed by atoms with Crippen LogP contribution in [0.3, 0.4) is 0 Å². The van der Waals surface area contributed by atoms with Gasteiger partial charge in [0.15, 0.2) is 0 Å². The van der Waals surface area contributed by atoms with Gasteiger partial charge in [-0.3, -0.25) is 19.7 Å². The number of hydrogen-bond donors (Lipinski definition) is 0. The molecule has 1 aromatic carbocycles. The summed E-state index contributed by atoms with van der Waals surface area (Å²) in [7, 11) is 0. The number of para-hydroxylation sites is 1. The van der Waals surface area contributed by atoms with Gasteiger partial charge in [0.05, 0.1) is 23.8 Å². The van der Waals surface area contributed by atoms with Gasteiger partial charge in [-0.1, -0.05) is 12.1 Å². The van der Waals surface area contributed by atoms with Crippen molar-refractivity contribution in [3.63, 3.8) is 0 Å². The molecule has 0 fully saturated rings. The van der Waals surface area contributed by atoms with E-state index in [1.165, 1.54) is 0 Å². The maximum atomic E-state index is 12.5. The van der Waals surface area contributed by atoms with Crippen LogP contribution in [-0.4, -0.2) is 15.0 Å². The Balaban J connectivity index is 1.87. The van der Waals surface area contributed by atoms with Crippen molar-refractivity contribution in [2.24, 2.45) is 0 Å². The summed E-state index contributed by atoms with van der Waals surface area (Å²) in [6.07, 6.45) is 6.86. The first-order valence-electron chi connectivity index (χ1n) is 8.19. The lowest BCUT2D eigenvalue weighted by atomic mass is 10.2. The summed E-state index contributed by atoms with van der Waals surface area (Å²) in [6.45, 7) is 2.38. The molecule has 0 saturated carbocycles. The summed E-state index contributed by atoms with van der Waals surface area (Å²) in [5.41, 5.74) is 2.92. The van der Waals surface area contributed by atoms with E-state index in [-0.39, 0.29) is 11.6 Å². The van der Waals surface area contributed by atoms with Crippen LogP contribution in [0.15, 0.2) is 76.5 Å². The molecular formula is C20H16N4O2. The van der Waals surface area contributed by atoms with Crippen LogP contribution in [-0.2, 0) is 6.54 Å². The van der Waals surface area contributed by atoms with Gasteiger partial charge in [-0.25, -0.2) is 0 Å². The van der Waals surface area contributed by atoms with Gasteiger partial charge in [0.25, 0.3) is 5.56 Å². The molecule has 6 nitrogen and oxygen atoms in total. The van der Waals surface area contributed by atoms with Gasteiger partial charge in [0.1, 0.15) is 5.58 Å². The molecule has 26 heavy (non-hydrogen) atoms. The van der Waals surface area contributed by atoms with Crippen molar-refractivity contribution in [3.8, 4) is 0 Å². The van der Waals surface area contributed by atoms with Gasteiger partial charge in [-0.15, -0.1) is 0 Å². The standard InChI is InChI=1S/C20H16N4O2/c1-14-4-2-6-17-18(14)26-20(23-19(17)25)24(16-5-3-9-22-12-16)13-15-7-10-21-11-8-15/h2-12H,13H2,1H3. The molecule has 0 amide bonds. The SMILES string of the molecule is Cc1cccc2c(=O)nc(N(Cc3ccncc3)c3cccnc3)oc12. The number of pyridine rings is 2. The van der Waals surface area contributed by atoms with E-state index in [2.05, 4.69) is 15.0 Å². The summed E-state index contributed by atoms with van der Waals surface area (Å²) in [5.74, 6) is 0. The second-order valence-corrected chi connectivity index (χ2v) is 5.91. The van der Waals surface area contributed by atoms with Crippen LogP contribution in [0.2, 0.25) is 0 Å². The van der Waals surface area contributed by atoms with Crippen molar-refractivity contribution >= 4 is 22.7 Å². The molecule has 0 bridgehead atoms. The van der Waals surface area contributed by atoms with E-state index in [0.29, 0.717) is 17.5 Å². The number of anilines is 2. The number of rotatable bonds is 4. The van der Waals surface area contributed by atoms with Crippen LogP contribution in [0.4, 0.5) is 11.7 Å². The van der Waals surface area contributed by atoms with E-state index >= 15 is 0 Å². The maximum absolute atomic E-state index is 12.5. The first-order chi connectivity index (χ1) is 12.7. The summed E-state index contributed by atoms with van der Waals surface area (Å²) < 4.78 is 6.03. The van der Waals surface area contributed by atoms with Gasteiger partial charge in [-0.2, -0.15) is 4.98 Å². The molecule has 0 saturated heterocycles. The Bertz CT molecular complexity index is 1100. The highest BCUT2D eigenvalue weighted by molar-refractivity contribution is 5.79. The van der Waals surface area contributed by atoms with Gasteiger partial charge in [-0.05, 0) is 48.4 Å². The minimum atomic E-state index is -0.312. The van der Waals surface area contributed by atoms with E-state index in [4.69, 9.17) is 4.42 Å². The predicted octanol–water partition coefficient (Wildman–Crippen LogP) is 3.62. The van der Waals surface area contributed by atoms with Crippen LogP contribution in [0, 0.1) is 6.92 Å². The van der Waals surface area contributed by atoms with Gasteiger partial charge in [0.2, 0.25) is 0 Å². The minimum Gasteiger partial charge on any atom is -0.424 e. The number of nitrogens with zero attached hydrogens (tertiary/aromatic N) is 4. The van der Waals surface area contributed by atoms with Crippen LogP contribution >= 0.6 is 0 Å². The van der Waals surface area contributed by atoms with Crippen LogP contribution < -0.4 is 10.5 Å². The van der Waals surface area contributed by atoms with Crippen molar-refractivity contribution in [1.82, 2.24) is 15.0 Å².